The van der Waals surface area contributed by atoms with Gasteiger partial charge < -0.3 is 20.7 Å². The van der Waals surface area contributed by atoms with Gasteiger partial charge in [0.15, 0.2) is 0 Å². The van der Waals surface area contributed by atoms with E-state index >= 15 is 0 Å². The summed E-state index contributed by atoms with van der Waals surface area (Å²) in [7, 11) is -2.54. The van der Waals surface area contributed by atoms with Crippen LogP contribution in [0.5, 0.6) is 5.75 Å². The SMILES string of the molecule is COc1ccccc1S(=O)(=O)Nc1cc(NC2=CC(=O)NCC2)c2c(c1)C1(CCC1)C(=O)N2. The van der Waals surface area contributed by atoms with Crippen LogP contribution in [0.1, 0.15) is 31.2 Å². The third-order valence-electron chi connectivity index (χ3n) is 6.44. The molecule has 172 valence electrons. The van der Waals surface area contributed by atoms with Gasteiger partial charge in [-0.1, -0.05) is 18.6 Å². The van der Waals surface area contributed by atoms with E-state index in [0.717, 1.165) is 12.0 Å². The average Bonchev–Trinajstić information content (AvgIpc) is 3.06. The van der Waals surface area contributed by atoms with E-state index in [9.17, 15) is 18.0 Å². The molecule has 2 aromatic carbocycles. The number of methoxy groups -OCH3 is 1. The minimum Gasteiger partial charge on any atom is -0.495 e. The topological polar surface area (TPSA) is 126 Å². The number of ether oxygens (including phenoxy) is 1. The predicted octanol–water partition coefficient (Wildman–Crippen LogP) is 2.69. The summed E-state index contributed by atoms with van der Waals surface area (Å²) in [5.41, 5.74) is 2.31. The maximum absolute atomic E-state index is 13.2. The second-order valence-electron chi connectivity index (χ2n) is 8.43. The molecule has 2 aromatic rings. The molecule has 1 fully saturated rings. The summed E-state index contributed by atoms with van der Waals surface area (Å²) >= 11 is 0. The smallest absolute Gasteiger partial charge is 0.265 e. The Morgan fingerprint density at radius 3 is 2.61 bits per heavy atom. The molecule has 0 unspecified atom stereocenters. The zero-order valence-electron chi connectivity index (χ0n) is 18.0. The van der Waals surface area contributed by atoms with Gasteiger partial charge in [0.25, 0.3) is 10.0 Å². The number of hydrogen-bond donors (Lipinski definition) is 4. The Hall–Kier alpha value is -3.53. The first-order valence-corrected chi connectivity index (χ1v) is 12.2. The number of hydrogen-bond acceptors (Lipinski definition) is 6. The Morgan fingerprint density at radius 1 is 1.12 bits per heavy atom. The molecule has 33 heavy (non-hydrogen) atoms. The number of para-hydroxylation sites is 1. The molecule has 1 aliphatic carbocycles. The van der Waals surface area contributed by atoms with Crippen molar-refractivity contribution in [2.24, 2.45) is 0 Å². The normalized spacial score (nSPS) is 18.5. The largest absolute Gasteiger partial charge is 0.495 e. The zero-order chi connectivity index (χ0) is 23.2. The number of carbonyl (C=O) groups is 2. The molecular formula is C23H24N4O5S. The van der Waals surface area contributed by atoms with E-state index in [-0.39, 0.29) is 22.5 Å². The average molecular weight is 469 g/mol. The number of carbonyl (C=O) groups excluding carboxylic acids is 2. The van der Waals surface area contributed by atoms with Crippen molar-refractivity contribution in [1.29, 1.82) is 0 Å². The molecule has 2 heterocycles. The van der Waals surface area contributed by atoms with Crippen molar-refractivity contribution < 1.29 is 22.7 Å². The number of benzene rings is 2. The minimum atomic E-state index is -3.96. The number of rotatable bonds is 6. The predicted molar refractivity (Wildman–Crippen MR) is 124 cm³/mol. The number of nitrogens with one attached hydrogen (secondary N) is 4. The highest BCUT2D eigenvalue weighted by atomic mass is 32.2. The van der Waals surface area contributed by atoms with Crippen LogP contribution in [0.15, 0.2) is 53.1 Å². The van der Waals surface area contributed by atoms with Crippen LogP contribution in [0.25, 0.3) is 0 Å². The second-order valence-corrected chi connectivity index (χ2v) is 10.1. The number of fused-ring (bicyclic) bond motifs is 2. The van der Waals surface area contributed by atoms with Crippen molar-refractivity contribution in [2.75, 3.05) is 29.0 Å². The fourth-order valence-corrected chi connectivity index (χ4v) is 5.83. The fraction of sp³-hybridized carbons (Fsp3) is 0.304. The number of anilines is 3. The summed E-state index contributed by atoms with van der Waals surface area (Å²) in [5, 5.41) is 8.94. The Kier molecular flexibility index (Phi) is 5.04. The van der Waals surface area contributed by atoms with E-state index in [1.54, 1.807) is 30.3 Å². The highest BCUT2D eigenvalue weighted by Crippen LogP contribution is 2.54. The second kappa shape index (κ2) is 7.80. The Bertz CT molecular complexity index is 1300. The van der Waals surface area contributed by atoms with Crippen LogP contribution >= 0.6 is 0 Å². The summed E-state index contributed by atoms with van der Waals surface area (Å²) in [4.78, 5) is 24.7. The first-order valence-electron chi connectivity index (χ1n) is 10.7. The van der Waals surface area contributed by atoms with Crippen molar-refractivity contribution in [1.82, 2.24) is 5.32 Å². The third-order valence-corrected chi connectivity index (χ3v) is 7.86. The van der Waals surface area contributed by atoms with Crippen molar-refractivity contribution in [2.45, 2.75) is 36.0 Å². The van der Waals surface area contributed by atoms with E-state index in [1.807, 2.05) is 0 Å². The summed E-state index contributed by atoms with van der Waals surface area (Å²) in [5.74, 6) is -0.0463. The lowest BCUT2D eigenvalue weighted by Gasteiger charge is -2.36. The first kappa shape index (κ1) is 21.3. The maximum atomic E-state index is 13.2. The van der Waals surface area contributed by atoms with E-state index in [1.165, 1.54) is 19.3 Å². The molecule has 0 radical (unpaired) electrons. The van der Waals surface area contributed by atoms with Crippen molar-refractivity contribution in [3.05, 3.63) is 53.7 Å². The summed E-state index contributed by atoms with van der Waals surface area (Å²) in [6.45, 7) is 0.496. The highest BCUT2D eigenvalue weighted by molar-refractivity contribution is 7.92. The molecule has 0 bridgehead atoms. The molecule has 9 nitrogen and oxygen atoms in total. The summed E-state index contributed by atoms with van der Waals surface area (Å²) < 4.78 is 34.2. The van der Waals surface area contributed by atoms with Crippen LogP contribution in [0, 0.1) is 0 Å². The van der Waals surface area contributed by atoms with Gasteiger partial charge in [-0.05, 0) is 42.7 Å². The number of sulfonamides is 1. The maximum Gasteiger partial charge on any atom is 0.265 e. The molecule has 5 rings (SSSR count). The van der Waals surface area contributed by atoms with Gasteiger partial charge in [-0.3, -0.25) is 14.3 Å². The van der Waals surface area contributed by atoms with Gasteiger partial charge in [0, 0.05) is 24.7 Å². The van der Waals surface area contributed by atoms with Crippen molar-refractivity contribution >= 4 is 38.9 Å². The lowest BCUT2D eigenvalue weighted by atomic mass is 9.65. The van der Waals surface area contributed by atoms with Crippen LogP contribution in [0.3, 0.4) is 0 Å². The molecule has 1 saturated carbocycles. The first-order chi connectivity index (χ1) is 15.8. The van der Waals surface area contributed by atoms with Gasteiger partial charge in [0.1, 0.15) is 10.6 Å². The quantitative estimate of drug-likeness (QED) is 0.517. The van der Waals surface area contributed by atoms with Gasteiger partial charge >= 0.3 is 0 Å². The molecular weight excluding hydrogens is 444 g/mol. The number of amides is 2. The molecule has 3 aliphatic rings. The summed E-state index contributed by atoms with van der Waals surface area (Å²) in [6, 6.07) is 9.73. The van der Waals surface area contributed by atoms with Crippen LogP contribution in [0.4, 0.5) is 17.1 Å². The lowest BCUT2D eigenvalue weighted by Crippen LogP contribution is -2.40. The van der Waals surface area contributed by atoms with Gasteiger partial charge in [0.2, 0.25) is 11.8 Å². The molecule has 2 amide bonds. The Morgan fingerprint density at radius 2 is 1.91 bits per heavy atom. The van der Waals surface area contributed by atoms with Crippen molar-refractivity contribution in [3.8, 4) is 5.75 Å². The molecule has 0 saturated heterocycles. The van der Waals surface area contributed by atoms with Gasteiger partial charge in [0.05, 0.1) is 29.6 Å². The molecule has 0 atom stereocenters. The van der Waals surface area contributed by atoms with E-state index in [2.05, 4.69) is 20.7 Å². The summed E-state index contributed by atoms with van der Waals surface area (Å²) in [6.07, 6.45) is 4.41. The molecule has 4 N–H and O–H groups in total. The monoisotopic (exact) mass is 468 g/mol. The van der Waals surface area contributed by atoms with E-state index < -0.39 is 15.4 Å². The molecule has 10 heteroatoms. The van der Waals surface area contributed by atoms with E-state index in [0.29, 0.717) is 48.6 Å². The van der Waals surface area contributed by atoms with Crippen molar-refractivity contribution in [3.63, 3.8) is 0 Å². The Labute approximate surface area is 191 Å². The Balaban J connectivity index is 1.57. The minimum absolute atomic E-state index is 0.0155. The molecule has 0 aromatic heterocycles. The highest BCUT2D eigenvalue weighted by Gasteiger charge is 2.52. The van der Waals surface area contributed by atoms with Crippen LogP contribution in [0.2, 0.25) is 0 Å². The molecule has 2 aliphatic heterocycles. The van der Waals surface area contributed by atoms with Crippen LogP contribution in [-0.4, -0.2) is 33.9 Å². The van der Waals surface area contributed by atoms with Crippen LogP contribution in [-0.2, 0) is 25.0 Å². The van der Waals surface area contributed by atoms with Crippen LogP contribution < -0.4 is 25.4 Å². The zero-order valence-corrected chi connectivity index (χ0v) is 18.8. The lowest BCUT2D eigenvalue weighted by molar-refractivity contribution is -0.123. The standard InChI is InChI=1S/C23H24N4O5S/c1-32-18-5-2-3-6-19(18)33(30,31)27-15-11-16-21(26-22(29)23(16)8-4-9-23)17(12-15)25-14-7-10-24-20(28)13-14/h2-3,5-6,11-13,25,27H,4,7-10H2,1H3,(H,24,28)(H,26,29). The fourth-order valence-electron chi connectivity index (χ4n) is 4.62. The molecule has 1 spiro atoms. The van der Waals surface area contributed by atoms with Gasteiger partial charge in [-0.2, -0.15) is 0 Å². The van der Waals surface area contributed by atoms with Gasteiger partial charge in [-0.25, -0.2) is 8.42 Å². The third kappa shape index (κ3) is 3.60. The van der Waals surface area contributed by atoms with Gasteiger partial charge in [-0.15, -0.1) is 0 Å². The van der Waals surface area contributed by atoms with E-state index in [4.69, 9.17) is 4.74 Å².